The Kier molecular flexibility index (Phi) is 3.40. The van der Waals surface area contributed by atoms with Gasteiger partial charge in [-0.1, -0.05) is 6.07 Å². The van der Waals surface area contributed by atoms with Gasteiger partial charge in [0, 0.05) is 37.7 Å². The van der Waals surface area contributed by atoms with Crippen molar-refractivity contribution in [2.75, 3.05) is 25.0 Å². The number of benzene rings is 1. The number of carbonyl (C=O) groups excluding carboxylic acids is 2. The topological polar surface area (TPSA) is 70.2 Å². The summed E-state index contributed by atoms with van der Waals surface area (Å²) < 4.78 is 13.2. The van der Waals surface area contributed by atoms with Gasteiger partial charge < -0.3 is 16.0 Å². The van der Waals surface area contributed by atoms with Crippen LogP contribution < -0.4 is 16.0 Å². The highest BCUT2D eigenvalue weighted by Crippen LogP contribution is 2.32. The zero-order valence-electron chi connectivity index (χ0n) is 10.9. The maximum atomic E-state index is 13.2. The van der Waals surface area contributed by atoms with Gasteiger partial charge in [0.15, 0.2) is 0 Å². The zero-order valence-corrected chi connectivity index (χ0v) is 10.9. The van der Waals surface area contributed by atoms with Crippen LogP contribution in [-0.4, -0.2) is 31.4 Å². The summed E-state index contributed by atoms with van der Waals surface area (Å²) in [7, 11) is 0. The molecular formula is C14H16FN3O2. The minimum Gasteiger partial charge on any atom is -0.355 e. The van der Waals surface area contributed by atoms with Crippen molar-refractivity contribution in [1.82, 2.24) is 10.6 Å². The number of amides is 2. The van der Waals surface area contributed by atoms with Crippen LogP contribution in [0.3, 0.4) is 0 Å². The standard InChI is InChI=1S/C14H16FN3O2/c15-9-1-2-10-11(4-13(19)18-12(10)3-9)14(20)17-7-8-5-16-6-8/h1-3,8,11,16H,4-7H2,(H,17,20)(H,18,19). The molecule has 5 nitrogen and oxygen atoms in total. The molecular weight excluding hydrogens is 261 g/mol. The molecule has 2 aliphatic rings. The molecule has 20 heavy (non-hydrogen) atoms. The first-order chi connectivity index (χ1) is 9.63. The minimum absolute atomic E-state index is 0.105. The van der Waals surface area contributed by atoms with Gasteiger partial charge in [-0.2, -0.15) is 0 Å². The molecule has 2 amide bonds. The summed E-state index contributed by atoms with van der Waals surface area (Å²) in [6.07, 6.45) is 0.105. The normalized spacial score (nSPS) is 21.6. The number of hydrogen-bond acceptors (Lipinski definition) is 3. The second-order valence-electron chi connectivity index (χ2n) is 5.31. The molecule has 1 aromatic rings. The number of hydrogen-bond donors (Lipinski definition) is 3. The summed E-state index contributed by atoms with van der Waals surface area (Å²) in [6.45, 7) is 2.43. The van der Waals surface area contributed by atoms with E-state index in [2.05, 4.69) is 16.0 Å². The molecule has 2 heterocycles. The molecule has 1 atom stereocenters. The summed E-state index contributed by atoms with van der Waals surface area (Å²) in [5.74, 6) is -0.921. The van der Waals surface area contributed by atoms with Crippen LogP contribution in [0.2, 0.25) is 0 Å². The van der Waals surface area contributed by atoms with Crippen molar-refractivity contribution in [1.29, 1.82) is 0 Å². The quantitative estimate of drug-likeness (QED) is 0.757. The molecule has 2 aliphatic heterocycles. The van der Waals surface area contributed by atoms with E-state index in [1.165, 1.54) is 12.1 Å². The third-order valence-electron chi connectivity index (χ3n) is 3.80. The molecule has 3 rings (SSSR count). The van der Waals surface area contributed by atoms with Crippen LogP contribution in [0.5, 0.6) is 0 Å². The molecule has 6 heteroatoms. The highest BCUT2D eigenvalue weighted by atomic mass is 19.1. The Morgan fingerprint density at radius 1 is 1.40 bits per heavy atom. The summed E-state index contributed by atoms with van der Waals surface area (Å²) >= 11 is 0. The number of halogens is 1. The van der Waals surface area contributed by atoms with Crippen LogP contribution in [0.4, 0.5) is 10.1 Å². The van der Waals surface area contributed by atoms with Crippen molar-refractivity contribution in [2.45, 2.75) is 12.3 Å². The largest absolute Gasteiger partial charge is 0.355 e. The summed E-state index contributed by atoms with van der Waals surface area (Å²) in [5.41, 5.74) is 1.07. The second kappa shape index (κ2) is 5.20. The van der Waals surface area contributed by atoms with E-state index in [1.807, 2.05) is 0 Å². The van der Waals surface area contributed by atoms with Crippen molar-refractivity contribution in [3.8, 4) is 0 Å². The van der Waals surface area contributed by atoms with E-state index in [0.717, 1.165) is 13.1 Å². The molecule has 0 aromatic heterocycles. The molecule has 1 unspecified atom stereocenters. The van der Waals surface area contributed by atoms with Gasteiger partial charge in [-0.3, -0.25) is 9.59 Å². The average molecular weight is 277 g/mol. The predicted octanol–water partition coefficient (Wildman–Crippen LogP) is 0.587. The van der Waals surface area contributed by atoms with E-state index in [4.69, 9.17) is 0 Å². The Bertz CT molecular complexity index is 557. The van der Waals surface area contributed by atoms with Crippen LogP contribution in [0.25, 0.3) is 0 Å². The first-order valence-corrected chi connectivity index (χ1v) is 6.71. The lowest BCUT2D eigenvalue weighted by Crippen LogP contribution is -2.49. The Morgan fingerprint density at radius 2 is 2.20 bits per heavy atom. The fourth-order valence-electron chi connectivity index (χ4n) is 2.53. The molecule has 106 valence electrons. The van der Waals surface area contributed by atoms with E-state index in [9.17, 15) is 14.0 Å². The minimum atomic E-state index is -0.535. The number of fused-ring (bicyclic) bond motifs is 1. The first-order valence-electron chi connectivity index (χ1n) is 6.71. The van der Waals surface area contributed by atoms with E-state index in [0.29, 0.717) is 23.7 Å². The number of rotatable bonds is 3. The predicted molar refractivity (Wildman–Crippen MR) is 71.8 cm³/mol. The zero-order chi connectivity index (χ0) is 14.1. The molecule has 0 bridgehead atoms. The smallest absolute Gasteiger partial charge is 0.228 e. The Balaban J connectivity index is 1.75. The van der Waals surface area contributed by atoms with Crippen molar-refractivity contribution in [3.63, 3.8) is 0 Å². The van der Waals surface area contributed by atoms with Crippen LogP contribution >= 0.6 is 0 Å². The van der Waals surface area contributed by atoms with E-state index >= 15 is 0 Å². The Morgan fingerprint density at radius 3 is 2.90 bits per heavy atom. The monoisotopic (exact) mass is 277 g/mol. The van der Waals surface area contributed by atoms with E-state index in [-0.39, 0.29) is 18.2 Å². The third-order valence-corrected chi connectivity index (χ3v) is 3.80. The van der Waals surface area contributed by atoms with E-state index in [1.54, 1.807) is 6.07 Å². The maximum Gasteiger partial charge on any atom is 0.228 e. The van der Waals surface area contributed by atoms with Crippen molar-refractivity contribution in [2.24, 2.45) is 5.92 Å². The van der Waals surface area contributed by atoms with Crippen LogP contribution in [0.1, 0.15) is 17.9 Å². The lowest BCUT2D eigenvalue weighted by atomic mass is 9.89. The fourth-order valence-corrected chi connectivity index (χ4v) is 2.53. The van der Waals surface area contributed by atoms with Gasteiger partial charge in [0.25, 0.3) is 0 Å². The molecule has 1 aromatic carbocycles. The number of nitrogens with one attached hydrogen (secondary N) is 3. The summed E-state index contributed by atoms with van der Waals surface area (Å²) in [5, 5.41) is 8.62. The van der Waals surface area contributed by atoms with Gasteiger partial charge in [-0.25, -0.2) is 4.39 Å². The van der Waals surface area contributed by atoms with Gasteiger partial charge in [0.2, 0.25) is 11.8 Å². The molecule has 1 fully saturated rings. The van der Waals surface area contributed by atoms with Gasteiger partial charge in [-0.05, 0) is 17.7 Å². The van der Waals surface area contributed by atoms with Crippen molar-refractivity contribution >= 4 is 17.5 Å². The fraction of sp³-hybridized carbons (Fsp3) is 0.429. The second-order valence-corrected chi connectivity index (χ2v) is 5.31. The van der Waals surface area contributed by atoms with Crippen molar-refractivity contribution in [3.05, 3.63) is 29.6 Å². The van der Waals surface area contributed by atoms with Crippen LogP contribution in [-0.2, 0) is 9.59 Å². The summed E-state index contributed by atoms with van der Waals surface area (Å²) in [4.78, 5) is 23.9. The lowest BCUT2D eigenvalue weighted by molar-refractivity contribution is -0.126. The van der Waals surface area contributed by atoms with Gasteiger partial charge in [-0.15, -0.1) is 0 Å². The maximum absolute atomic E-state index is 13.2. The Hall–Kier alpha value is -1.95. The van der Waals surface area contributed by atoms with Crippen molar-refractivity contribution < 1.29 is 14.0 Å². The molecule has 0 aliphatic carbocycles. The molecule has 0 radical (unpaired) electrons. The number of carbonyl (C=O) groups is 2. The van der Waals surface area contributed by atoms with Gasteiger partial charge >= 0.3 is 0 Å². The first kappa shape index (κ1) is 13.1. The molecule has 3 N–H and O–H groups in total. The summed E-state index contributed by atoms with van der Waals surface area (Å²) in [6, 6.07) is 4.13. The van der Waals surface area contributed by atoms with Gasteiger partial charge in [0.1, 0.15) is 5.82 Å². The van der Waals surface area contributed by atoms with Gasteiger partial charge in [0.05, 0.1) is 5.92 Å². The van der Waals surface area contributed by atoms with Crippen LogP contribution in [0, 0.1) is 11.7 Å². The van der Waals surface area contributed by atoms with Crippen LogP contribution in [0.15, 0.2) is 18.2 Å². The Labute approximate surface area is 115 Å². The molecule has 1 saturated heterocycles. The molecule has 0 saturated carbocycles. The third kappa shape index (κ3) is 2.51. The lowest BCUT2D eigenvalue weighted by Gasteiger charge is -2.29. The van der Waals surface area contributed by atoms with E-state index < -0.39 is 11.7 Å². The highest BCUT2D eigenvalue weighted by molar-refractivity contribution is 6.01. The molecule has 0 spiro atoms. The number of anilines is 1. The SMILES string of the molecule is O=C1CC(C(=O)NCC2CNC2)c2ccc(F)cc2N1. The highest BCUT2D eigenvalue weighted by Gasteiger charge is 2.31. The average Bonchev–Trinajstić information content (AvgIpc) is 2.35.